The summed E-state index contributed by atoms with van der Waals surface area (Å²) in [6.45, 7) is 5.87. The summed E-state index contributed by atoms with van der Waals surface area (Å²) in [5, 5.41) is 3.77. The zero-order valence-electron chi connectivity index (χ0n) is 11.2. The monoisotopic (exact) mass is 238 g/mol. The first-order chi connectivity index (χ1) is 8.16. The third-order valence-electron chi connectivity index (χ3n) is 4.13. The number of piperidine rings is 1. The lowest BCUT2D eigenvalue weighted by molar-refractivity contribution is -0.135. The molecule has 1 aliphatic carbocycles. The molecule has 98 valence electrons. The molecule has 0 aromatic rings. The SMILES string of the molecule is CC(C)C(=O)N1CCC(NC2CCCC2)CC1. The second-order valence-corrected chi connectivity index (χ2v) is 5.90. The molecule has 3 heteroatoms. The predicted molar refractivity (Wildman–Crippen MR) is 69.8 cm³/mol. The van der Waals surface area contributed by atoms with Gasteiger partial charge >= 0.3 is 0 Å². The molecule has 0 bridgehead atoms. The van der Waals surface area contributed by atoms with E-state index in [1.165, 1.54) is 25.7 Å². The number of hydrogen-bond donors (Lipinski definition) is 1. The van der Waals surface area contributed by atoms with Crippen LogP contribution in [0.1, 0.15) is 52.4 Å². The highest BCUT2D eigenvalue weighted by molar-refractivity contribution is 5.78. The van der Waals surface area contributed by atoms with E-state index in [0.717, 1.165) is 32.0 Å². The van der Waals surface area contributed by atoms with E-state index in [0.29, 0.717) is 11.9 Å². The number of amides is 1. The molecular weight excluding hydrogens is 212 g/mol. The summed E-state index contributed by atoms with van der Waals surface area (Å²) >= 11 is 0. The van der Waals surface area contributed by atoms with E-state index in [-0.39, 0.29) is 5.92 Å². The summed E-state index contributed by atoms with van der Waals surface area (Å²) in [6, 6.07) is 1.40. The normalized spacial score (nSPS) is 23.6. The Morgan fingerprint density at radius 3 is 2.12 bits per heavy atom. The molecular formula is C14H26N2O. The summed E-state index contributed by atoms with van der Waals surface area (Å²) in [5.41, 5.74) is 0. The summed E-state index contributed by atoms with van der Waals surface area (Å²) in [4.78, 5) is 13.9. The Bertz CT molecular complexity index is 251. The van der Waals surface area contributed by atoms with E-state index in [9.17, 15) is 4.79 Å². The van der Waals surface area contributed by atoms with Crippen molar-refractivity contribution in [1.82, 2.24) is 10.2 Å². The Labute approximate surface area is 105 Å². The number of nitrogens with zero attached hydrogens (tertiary/aromatic N) is 1. The van der Waals surface area contributed by atoms with Gasteiger partial charge in [-0.15, -0.1) is 0 Å². The van der Waals surface area contributed by atoms with Crippen molar-refractivity contribution in [3.63, 3.8) is 0 Å². The average molecular weight is 238 g/mol. The number of hydrogen-bond acceptors (Lipinski definition) is 2. The van der Waals surface area contributed by atoms with Gasteiger partial charge in [0, 0.05) is 31.1 Å². The smallest absolute Gasteiger partial charge is 0.225 e. The molecule has 0 aromatic heterocycles. The van der Waals surface area contributed by atoms with E-state index >= 15 is 0 Å². The minimum absolute atomic E-state index is 0.148. The summed E-state index contributed by atoms with van der Waals surface area (Å²) in [5.74, 6) is 0.471. The van der Waals surface area contributed by atoms with Gasteiger partial charge in [0.2, 0.25) is 5.91 Å². The molecule has 1 N–H and O–H groups in total. The fourth-order valence-electron chi connectivity index (χ4n) is 3.06. The first-order valence-electron chi connectivity index (χ1n) is 7.21. The molecule has 3 nitrogen and oxygen atoms in total. The Morgan fingerprint density at radius 2 is 1.59 bits per heavy atom. The first-order valence-corrected chi connectivity index (χ1v) is 7.21. The van der Waals surface area contributed by atoms with Gasteiger partial charge in [-0.05, 0) is 25.7 Å². The van der Waals surface area contributed by atoms with Crippen molar-refractivity contribution in [2.75, 3.05) is 13.1 Å². The van der Waals surface area contributed by atoms with Crippen molar-refractivity contribution in [3.8, 4) is 0 Å². The highest BCUT2D eigenvalue weighted by atomic mass is 16.2. The Morgan fingerprint density at radius 1 is 1.06 bits per heavy atom. The highest BCUT2D eigenvalue weighted by Crippen LogP contribution is 2.21. The van der Waals surface area contributed by atoms with Gasteiger partial charge < -0.3 is 10.2 Å². The minimum Gasteiger partial charge on any atom is -0.342 e. The van der Waals surface area contributed by atoms with Gasteiger partial charge in [0.15, 0.2) is 0 Å². The topological polar surface area (TPSA) is 32.3 Å². The van der Waals surface area contributed by atoms with Crippen molar-refractivity contribution < 1.29 is 4.79 Å². The molecule has 0 radical (unpaired) electrons. The minimum atomic E-state index is 0.148. The molecule has 2 aliphatic rings. The molecule has 0 aromatic carbocycles. The van der Waals surface area contributed by atoms with Crippen LogP contribution >= 0.6 is 0 Å². The van der Waals surface area contributed by atoms with E-state index in [4.69, 9.17) is 0 Å². The van der Waals surface area contributed by atoms with Crippen molar-refractivity contribution in [2.45, 2.75) is 64.5 Å². The molecule has 1 amide bonds. The molecule has 1 aliphatic heterocycles. The fraction of sp³-hybridized carbons (Fsp3) is 0.929. The van der Waals surface area contributed by atoms with Gasteiger partial charge in [0.25, 0.3) is 0 Å². The van der Waals surface area contributed by atoms with E-state index < -0.39 is 0 Å². The van der Waals surface area contributed by atoms with Crippen LogP contribution in [0.5, 0.6) is 0 Å². The van der Waals surface area contributed by atoms with Gasteiger partial charge in [-0.25, -0.2) is 0 Å². The second-order valence-electron chi connectivity index (χ2n) is 5.90. The van der Waals surface area contributed by atoms with Gasteiger partial charge in [-0.3, -0.25) is 4.79 Å². The van der Waals surface area contributed by atoms with E-state index in [1.807, 2.05) is 18.7 Å². The maximum Gasteiger partial charge on any atom is 0.225 e. The maximum atomic E-state index is 11.9. The molecule has 2 fully saturated rings. The molecule has 1 heterocycles. The van der Waals surface area contributed by atoms with Crippen LogP contribution in [0.25, 0.3) is 0 Å². The maximum absolute atomic E-state index is 11.9. The van der Waals surface area contributed by atoms with Crippen molar-refractivity contribution in [1.29, 1.82) is 0 Å². The second kappa shape index (κ2) is 5.85. The molecule has 17 heavy (non-hydrogen) atoms. The van der Waals surface area contributed by atoms with E-state index in [1.54, 1.807) is 0 Å². The molecule has 0 atom stereocenters. The van der Waals surface area contributed by atoms with Crippen LogP contribution in [0, 0.1) is 5.92 Å². The highest BCUT2D eigenvalue weighted by Gasteiger charge is 2.26. The number of nitrogens with one attached hydrogen (secondary N) is 1. The molecule has 0 unspecified atom stereocenters. The zero-order valence-corrected chi connectivity index (χ0v) is 11.2. The quantitative estimate of drug-likeness (QED) is 0.817. The predicted octanol–water partition coefficient (Wildman–Crippen LogP) is 2.17. The van der Waals surface area contributed by atoms with Crippen molar-refractivity contribution in [2.24, 2.45) is 5.92 Å². The van der Waals surface area contributed by atoms with Crippen molar-refractivity contribution >= 4 is 5.91 Å². The van der Waals surface area contributed by atoms with Crippen LogP contribution in [0.4, 0.5) is 0 Å². The zero-order chi connectivity index (χ0) is 12.3. The summed E-state index contributed by atoms with van der Waals surface area (Å²) in [6.07, 6.45) is 7.75. The molecule has 2 rings (SSSR count). The van der Waals surface area contributed by atoms with Crippen LogP contribution in [0.3, 0.4) is 0 Å². The standard InChI is InChI=1S/C14H26N2O/c1-11(2)14(17)16-9-7-13(8-10-16)15-12-5-3-4-6-12/h11-13,15H,3-10H2,1-2H3. The summed E-state index contributed by atoms with van der Waals surface area (Å²) in [7, 11) is 0. The third kappa shape index (κ3) is 3.44. The Kier molecular flexibility index (Phi) is 4.43. The van der Waals surface area contributed by atoms with E-state index in [2.05, 4.69) is 5.32 Å². The van der Waals surface area contributed by atoms with Crippen molar-refractivity contribution in [3.05, 3.63) is 0 Å². The lowest BCUT2D eigenvalue weighted by Gasteiger charge is -2.34. The van der Waals surface area contributed by atoms with Gasteiger partial charge in [-0.2, -0.15) is 0 Å². The van der Waals surface area contributed by atoms with Crippen LogP contribution in [0.15, 0.2) is 0 Å². The largest absolute Gasteiger partial charge is 0.342 e. The molecule has 0 spiro atoms. The summed E-state index contributed by atoms with van der Waals surface area (Å²) < 4.78 is 0. The van der Waals surface area contributed by atoms with Crippen LogP contribution in [-0.2, 0) is 4.79 Å². The Hall–Kier alpha value is -0.570. The average Bonchev–Trinajstić information content (AvgIpc) is 2.82. The van der Waals surface area contributed by atoms with Crippen LogP contribution in [0.2, 0.25) is 0 Å². The van der Waals surface area contributed by atoms with Gasteiger partial charge in [0.05, 0.1) is 0 Å². The molecule has 1 saturated carbocycles. The lowest BCUT2D eigenvalue weighted by atomic mass is 10.0. The first kappa shape index (κ1) is 12.9. The number of likely N-dealkylation sites (tertiary alicyclic amines) is 1. The number of rotatable bonds is 3. The fourth-order valence-corrected chi connectivity index (χ4v) is 3.06. The van der Waals surface area contributed by atoms with Crippen LogP contribution < -0.4 is 5.32 Å². The lowest BCUT2D eigenvalue weighted by Crippen LogP contribution is -2.48. The number of carbonyl (C=O) groups is 1. The number of carbonyl (C=O) groups excluding carboxylic acids is 1. The Balaban J connectivity index is 1.72. The van der Waals surface area contributed by atoms with Gasteiger partial charge in [-0.1, -0.05) is 26.7 Å². The molecule has 1 saturated heterocycles. The third-order valence-corrected chi connectivity index (χ3v) is 4.13. The van der Waals surface area contributed by atoms with Crippen LogP contribution in [-0.4, -0.2) is 36.0 Å². The van der Waals surface area contributed by atoms with Gasteiger partial charge in [0.1, 0.15) is 0 Å².